The van der Waals surface area contributed by atoms with Crippen LogP contribution in [0.15, 0.2) is 35.8 Å². The van der Waals surface area contributed by atoms with E-state index >= 15 is 0 Å². The Morgan fingerprint density at radius 3 is 2.67 bits per heavy atom. The van der Waals surface area contributed by atoms with Gasteiger partial charge in [-0.2, -0.15) is 0 Å². The zero-order valence-electron chi connectivity index (χ0n) is 23.3. The smallest absolute Gasteiger partial charge is 0.326 e. The Labute approximate surface area is 248 Å². The standard InChI is InChI=1S/C28H29F4N5O5S/c1-15-28(13-40-14-28)41-6-5-36(15)19-8-16(27(2,31)32)11-33-25(19)42-17-9-20(26(38)39)37(12-17)22-10-18(21-4-3-7-43-21)34-24(35-22)23(29)30/h3-4,7-8,10-11,15,17,20,23H,5-6,9,12-14H2,1-2H3,(H,38,39)/t15-,17-,20-/m0/s1. The fraction of sp³-hybridized carbons (Fsp3) is 0.500. The van der Waals surface area contributed by atoms with Crippen LogP contribution < -0.4 is 14.5 Å². The first-order valence-corrected chi connectivity index (χ1v) is 14.6. The third kappa shape index (κ3) is 5.60. The van der Waals surface area contributed by atoms with E-state index in [1.807, 2.05) is 11.8 Å². The number of halogens is 4. The number of carboxylic acid groups (broad SMARTS) is 1. The minimum Gasteiger partial charge on any atom is -0.480 e. The van der Waals surface area contributed by atoms with Crippen molar-refractivity contribution in [1.82, 2.24) is 15.0 Å². The maximum atomic E-state index is 14.4. The Morgan fingerprint density at radius 1 is 1.26 bits per heavy atom. The average Bonchev–Trinajstić information content (AvgIpc) is 3.63. The van der Waals surface area contributed by atoms with Crippen LogP contribution >= 0.6 is 11.3 Å². The van der Waals surface area contributed by atoms with E-state index in [9.17, 15) is 27.5 Å². The molecule has 3 aromatic rings. The number of rotatable bonds is 8. The summed E-state index contributed by atoms with van der Waals surface area (Å²) in [6, 6.07) is 4.89. The zero-order valence-corrected chi connectivity index (χ0v) is 24.1. The van der Waals surface area contributed by atoms with Gasteiger partial charge in [0.2, 0.25) is 5.88 Å². The number of carboxylic acids is 1. The molecule has 0 aromatic carbocycles. The molecule has 0 unspecified atom stereocenters. The molecule has 3 fully saturated rings. The van der Waals surface area contributed by atoms with Gasteiger partial charge in [0, 0.05) is 37.7 Å². The van der Waals surface area contributed by atoms with Gasteiger partial charge >= 0.3 is 5.97 Å². The Morgan fingerprint density at radius 2 is 2.05 bits per heavy atom. The molecular weight excluding hydrogens is 594 g/mol. The van der Waals surface area contributed by atoms with Gasteiger partial charge in [0.25, 0.3) is 12.3 Å². The van der Waals surface area contributed by atoms with Crippen LogP contribution in [0.3, 0.4) is 0 Å². The molecule has 6 rings (SSSR count). The van der Waals surface area contributed by atoms with Crippen LogP contribution in [0.2, 0.25) is 0 Å². The van der Waals surface area contributed by atoms with Crippen molar-refractivity contribution in [1.29, 1.82) is 0 Å². The van der Waals surface area contributed by atoms with Crippen LogP contribution in [0.25, 0.3) is 10.6 Å². The number of aromatic nitrogens is 3. The fourth-order valence-corrected chi connectivity index (χ4v) is 6.34. The fourth-order valence-electron chi connectivity index (χ4n) is 5.66. The molecule has 0 amide bonds. The summed E-state index contributed by atoms with van der Waals surface area (Å²) in [6.07, 6.45) is -2.73. The lowest BCUT2D eigenvalue weighted by atomic mass is 9.90. The van der Waals surface area contributed by atoms with Gasteiger partial charge in [0.05, 0.1) is 43.0 Å². The number of nitrogens with zero attached hydrogens (tertiary/aromatic N) is 5. The molecule has 6 heterocycles. The topological polar surface area (TPSA) is 110 Å². The maximum Gasteiger partial charge on any atom is 0.326 e. The second-order valence-electron chi connectivity index (χ2n) is 10.9. The number of alkyl halides is 4. The predicted molar refractivity (Wildman–Crippen MR) is 148 cm³/mol. The van der Waals surface area contributed by atoms with Gasteiger partial charge in [0.1, 0.15) is 29.3 Å². The average molecular weight is 624 g/mol. The van der Waals surface area contributed by atoms with E-state index in [1.165, 1.54) is 28.4 Å². The third-order valence-corrected chi connectivity index (χ3v) is 9.00. The van der Waals surface area contributed by atoms with E-state index < -0.39 is 41.9 Å². The van der Waals surface area contributed by atoms with Gasteiger partial charge in [-0.3, -0.25) is 0 Å². The van der Waals surface area contributed by atoms with Crippen LogP contribution in [0.4, 0.5) is 29.1 Å². The van der Waals surface area contributed by atoms with E-state index in [-0.39, 0.29) is 42.0 Å². The minimum absolute atomic E-state index is 0.0232. The summed E-state index contributed by atoms with van der Waals surface area (Å²) >= 11 is 1.30. The van der Waals surface area contributed by atoms with Crippen molar-refractivity contribution < 1.29 is 41.7 Å². The predicted octanol–water partition coefficient (Wildman–Crippen LogP) is 4.75. The molecule has 0 aliphatic carbocycles. The van der Waals surface area contributed by atoms with Crippen molar-refractivity contribution in [3.8, 4) is 16.5 Å². The Balaban J connectivity index is 1.32. The van der Waals surface area contributed by atoms with Crippen molar-refractivity contribution in [2.75, 3.05) is 42.7 Å². The lowest BCUT2D eigenvalue weighted by Gasteiger charge is -2.53. The number of pyridine rings is 1. The Kier molecular flexibility index (Phi) is 7.67. The summed E-state index contributed by atoms with van der Waals surface area (Å²) in [4.78, 5) is 28.5. The largest absolute Gasteiger partial charge is 0.480 e. The third-order valence-electron chi connectivity index (χ3n) is 8.11. The highest BCUT2D eigenvalue weighted by molar-refractivity contribution is 7.13. The van der Waals surface area contributed by atoms with Gasteiger partial charge in [-0.25, -0.2) is 37.3 Å². The van der Waals surface area contributed by atoms with Gasteiger partial charge in [0.15, 0.2) is 5.82 Å². The number of ether oxygens (including phenoxy) is 3. The van der Waals surface area contributed by atoms with Crippen molar-refractivity contribution in [3.05, 3.63) is 47.2 Å². The molecule has 0 radical (unpaired) electrons. The highest BCUT2D eigenvalue weighted by Gasteiger charge is 2.50. The summed E-state index contributed by atoms with van der Waals surface area (Å²) in [6.45, 7) is 4.13. The van der Waals surface area contributed by atoms with Crippen molar-refractivity contribution >= 4 is 28.8 Å². The number of aliphatic carboxylic acids is 1. The summed E-state index contributed by atoms with van der Waals surface area (Å²) in [5, 5.41) is 11.8. The molecule has 1 N–H and O–H groups in total. The molecule has 15 heteroatoms. The summed E-state index contributed by atoms with van der Waals surface area (Å²) < 4.78 is 73.9. The molecule has 0 saturated carbocycles. The second kappa shape index (κ2) is 11.2. The highest BCUT2D eigenvalue weighted by atomic mass is 32.1. The van der Waals surface area contributed by atoms with E-state index in [2.05, 4.69) is 15.0 Å². The van der Waals surface area contributed by atoms with Crippen molar-refractivity contribution in [3.63, 3.8) is 0 Å². The summed E-state index contributed by atoms with van der Waals surface area (Å²) in [7, 11) is 0. The number of morpholine rings is 1. The molecular formula is C28H29F4N5O5S. The molecule has 3 saturated heterocycles. The SMILES string of the molecule is C[C@@H]1N(c2cc(C(C)(F)F)cnc2O[C@H]2C[C@@H](C(=O)O)N(c3cc(-c4cccs4)nc(C(F)F)n3)C2)CCOC12COC2. The number of hydrogen-bond donors (Lipinski definition) is 1. The first-order chi connectivity index (χ1) is 20.4. The van der Waals surface area contributed by atoms with Crippen molar-refractivity contribution in [2.24, 2.45) is 0 Å². The Hall–Kier alpha value is -3.56. The van der Waals surface area contributed by atoms with Gasteiger partial charge in [-0.15, -0.1) is 11.3 Å². The zero-order chi connectivity index (χ0) is 30.5. The van der Waals surface area contributed by atoms with Gasteiger partial charge in [-0.1, -0.05) is 6.07 Å². The van der Waals surface area contributed by atoms with E-state index in [1.54, 1.807) is 17.5 Å². The first kappa shape index (κ1) is 29.5. The van der Waals surface area contributed by atoms with Crippen LogP contribution in [0, 0.1) is 0 Å². The van der Waals surface area contributed by atoms with Gasteiger partial charge in [-0.05, 0) is 24.4 Å². The number of anilines is 2. The van der Waals surface area contributed by atoms with Crippen LogP contribution in [-0.2, 0) is 20.2 Å². The number of carbonyl (C=O) groups is 1. The van der Waals surface area contributed by atoms with Gasteiger partial charge < -0.3 is 29.1 Å². The highest BCUT2D eigenvalue weighted by Crippen LogP contribution is 2.41. The number of thiophene rings is 1. The van der Waals surface area contributed by atoms with Crippen LogP contribution in [0.5, 0.6) is 5.88 Å². The maximum absolute atomic E-state index is 14.4. The molecule has 43 heavy (non-hydrogen) atoms. The summed E-state index contributed by atoms with van der Waals surface area (Å²) in [5.41, 5.74) is -0.313. The molecule has 10 nitrogen and oxygen atoms in total. The minimum atomic E-state index is -3.17. The molecule has 3 aliphatic rings. The molecule has 1 spiro atoms. The summed E-state index contributed by atoms with van der Waals surface area (Å²) in [5.74, 6) is -4.99. The Bertz CT molecular complexity index is 1490. The normalized spacial score (nSPS) is 23.6. The lowest BCUT2D eigenvalue weighted by Crippen LogP contribution is -2.68. The van der Waals surface area contributed by atoms with Crippen molar-refractivity contribution in [2.45, 2.75) is 56.4 Å². The second-order valence-corrected chi connectivity index (χ2v) is 11.9. The first-order valence-electron chi connectivity index (χ1n) is 13.7. The lowest BCUT2D eigenvalue weighted by molar-refractivity contribution is -0.228. The molecule has 3 atom stereocenters. The van der Waals surface area contributed by atoms with Crippen LogP contribution in [-0.4, -0.2) is 82.7 Å². The monoisotopic (exact) mass is 623 g/mol. The van der Waals surface area contributed by atoms with E-state index in [0.29, 0.717) is 36.9 Å². The van der Waals surface area contributed by atoms with E-state index in [0.717, 1.165) is 13.1 Å². The van der Waals surface area contributed by atoms with Crippen LogP contribution in [0.1, 0.15) is 38.1 Å². The molecule has 3 aromatic heterocycles. The molecule has 3 aliphatic heterocycles. The molecule has 230 valence electrons. The molecule has 0 bridgehead atoms. The number of hydrogen-bond acceptors (Lipinski definition) is 10. The van der Waals surface area contributed by atoms with E-state index in [4.69, 9.17) is 14.2 Å². The quantitative estimate of drug-likeness (QED) is 0.353.